The fourth-order valence-electron chi connectivity index (χ4n) is 5.21. The molecule has 0 aliphatic carbocycles. The first-order chi connectivity index (χ1) is 21.0. The van der Waals surface area contributed by atoms with Gasteiger partial charge in [-0.3, -0.25) is 10.6 Å². The number of carbonyl (C=O) groups is 2. The van der Waals surface area contributed by atoms with E-state index in [-0.39, 0.29) is 0 Å². The Hall–Kier alpha value is -3.80. The van der Waals surface area contributed by atoms with E-state index in [2.05, 4.69) is 24.5 Å². The van der Waals surface area contributed by atoms with Crippen molar-refractivity contribution in [3.63, 3.8) is 0 Å². The lowest BCUT2D eigenvalue weighted by molar-refractivity contribution is 0.213. The highest BCUT2D eigenvalue weighted by molar-refractivity contribution is 5.97. The average Bonchev–Trinajstić information content (AvgIpc) is 3.00. The summed E-state index contributed by atoms with van der Waals surface area (Å²) in [4.78, 5) is 26.0. The van der Waals surface area contributed by atoms with E-state index < -0.39 is 12.2 Å². The van der Waals surface area contributed by atoms with Crippen LogP contribution in [0, 0.1) is 6.92 Å². The lowest BCUT2D eigenvalue weighted by Crippen LogP contribution is -2.22. The van der Waals surface area contributed by atoms with Crippen molar-refractivity contribution in [1.29, 1.82) is 0 Å². The number of hydrogen-bond donors (Lipinski definition) is 2. The Balaban J connectivity index is 1.58. The number of para-hydroxylation sites is 3. The molecule has 0 saturated heterocycles. The van der Waals surface area contributed by atoms with E-state index in [1.165, 1.54) is 64.2 Å². The van der Waals surface area contributed by atoms with Crippen LogP contribution in [0.15, 0.2) is 66.7 Å². The molecule has 0 spiro atoms. The number of rotatable bonds is 18. The number of unbranched alkanes of at least 4 members (excludes halogenated alkanes) is 10. The Kier molecular flexibility index (Phi) is 15.2. The van der Waals surface area contributed by atoms with Gasteiger partial charge in [0.1, 0.15) is 11.5 Å². The summed E-state index contributed by atoms with van der Waals surface area (Å²) < 4.78 is 11.5. The maximum atomic E-state index is 13.0. The molecule has 43 heavy (non-hydrogen) atoms. The highest BCUT2D eigenvalue weighted by atomic mass is 16.6. The number of hydrogen-bond acceptors (Lipinski definition) is 4. The zero-order valence-electron chi connectivity index (χ0n) is 26.4. The number of nitrogens with one attached hydrogen (secondary N) is 2. The molecule has 6 heteroatoms. The SMILES string of the molecule is CCCCCCCCc1ccccc1OC(=O)Nc1cccc(C)c1NC(=O)Oc1ccccc1CCCCCCCC. The standard InChI is InChI=1S/C37H50N2O4/c1-4-6-8-10-12-14-22-30-24-16-18-27-33(30)42-36(40)38-32-26-20-21-29(3)35(32)39-37(41)43-34-28-19-17-25-31(34)23-15-13-11-9-7-5-2/h16-21,24-28H,4-15,22-23H2,1-3H3,(H,38,40)(H,39,41). The van der Waals surface area contributed by atoms with Gasteiger partial charge in [-0.1, -0.05) is 127 Å². The van der Waals surface area contributed by atoms with Gasteiger partial charge in [-0.25, -0.2) is 9.59 Å². The van der Waals surface area contributed by atoms with E-state index in [9.17, 15) is 9.59 Å². The van der Waals surface area contributed by atoms with Gasteiger partial charge in [0, 0.05) is 0 Å². The van der Waals surface area contributed by atoms with E-state index in [1.54, 1.807) is 6.07 Å². The highest BCUT2D eigenvalue weighted by Crippen LogP contribution is 2.28. The van der Waals surface area contributed by atoms with Crippen molar-refractivity contribution in [3.05, 3.63) is 83.4 Å². The summed E-state index contributed by atoms with van der Waals surface area (Å²) in [6.07, 6.45) is 15.0. The Bertz CT molecular complexity index is 1270. The van der Waals surface area contributed by atoms with Crippen molar-refractivity contribution < 1.29 is 19.1 Å². The number of amides is 2. The molecule has 0 atom stereocenters. The summed E-state index contributed by atoms with van der Waals surface area (Å²) in [6, 6.07) is 20.8. The molecular formula is C37H50N2O4. The monoisotopic (exact) mass is 586 g/mol. The van der Waals surface area contributed by atoms with Crippen LogP contribution >= 0.6 is 0 Å². The molecule has 2 N–H and O–H groups in total. The van der Waals surface area contributed by atoms with Gasteiger partial charge in [-0.2, -0.15) is 0 Å². The van der Waals surface area contributed by atoms with Gasteiger partial charge < -0.3 is 9.47 Å². The zero-order chi connectivity index (χ0) is 30.7. The summed E-state index contributed by atoms with van der Waals surface area (Å²) in [5, 5.41) is 5.66. The first-order valence-electron chi connectivity index (χ1n) is 16.2. The summed E-state index contributed by atoms with van der Waals surface area (Å²) in [5.74, 6) is 1.11. The Morgan fingerprint density at radius 2 is 1.02 bits per heavy atom. The van der Waals surface area contributed by atoms with Crippen LogP contribution in [0.2, 0.25) is 0 Å². The van der Waals surface area contributed by atoms with Crippen molar-refractivity contribution in [1.82, 2.24) is 0 Å². The van der Waals surface area contributed by atoms with Crippen LogP contribution in [0.4, 0.5) is 21.0 Å². The third-order valence-electron chi connectivity index (χ3n) is 7.69. The van der Waals surface area contributed by atoms with Gasteiger partial charge in [0.15, 0.2) is 0 Å². The zero-order valence-corrected chi connectivity index (χ0v) is 26.4. The molecular weight excluding hydrogens is 536 g/mol. The van der Waals surface area contributed by atoms with Gasteiger partial charge in [0.05, 0.1) is 11.4 Å². The predicted molar refractivity (Wildman–Crippen MR) is 178 cm³/mol. The molecule has 0 saturated carbocycles. The lowest BCUT2D eigenvalue weighted by atomic mass is 10.0. The van der Waals surface area contributed by atoms with E-state index in [0.717, 1.165) is 42.4 Å². The number of aryl methyl sites for hydroxylation is 3. The quantitative estimate of drug-likeness (QED) is 0.145. The molecule has 0 fully saturated rings. The molecule has 0 unspecified atom stereocenters. The maximum Gasteiger partial charge on any atom is 0.417 e. The minimum absolute atomic E-state index is 0.440. The molecule has 6 nitrogen and oxygen atoms in total. The third-order valence-corrected chi connectivity index (χ3v) is 7.69. The fourth-order valence-corrected chi connectivity index (χ4v) is 5.21. The van der Waals surface area contributed by atoms with Crippen LogP contribution in [-0.4, -0.2) is 12.2 Å². The van der Waals surface area contributed by atoms with Gasteiger partial charge in [-0.15, -0.1) is 0 Å². The van der Waals surface area contributed by atoms with Crippen molar-refractivity contribution >= 4 is 23.6 Å². The molecule has 3 aromatic carbocycles. The smallest absolute Gasteiger partial charge is 0.410 e. The summed E-state index contributed by atoms with van der Waals surface area (Å²) in [5.41, 5.74) is 3.73. The molecule has 2 amide bonds. The molecule has 232 valence electrons. The van der Waals surface area contributed by atoms with Crippen LogP contribution in [0.3, 0.4) is 0 Å². The van der Waals surface area contributed by atoms with Crippen LogP contribution in [0.25, 0.3) is 0 Å². The predicted octanol–water partition coefficient (Wildman–Crippen LogP) is 11.0. The molecule has 0 radical (unpaired) electrons. The van der Waals surface area contributed by atoms with Crippen molar-refractivity contribution in [2.75, 3.05) is 10.6 Å². The minimum atomic E-state index is -0.610. The molecule has 0 heterocycles. The highest BCUT2D eigenvalue weighted by Gasteiger charge is 2.16. The molecule has 3 rings (SSSR count). The molecule has 3 aromatic rings. The van der Waals surface area contributed by atoms with Crippen molar-refractivity contribution in [3.8, 4) is 11.5 Å². The Morgan fingerprint density at radius 3 is 1.56 bits per heavy atom. The second kappa shape index (κ2) is 19.4. The van der Waals surface area contributed by atoms with Crippen molar-refractivity contribution in [2.24, 2.45) is 0 Å². The number of benzene rings is 3. The van der Waals surface area contributed by atoms with Gasteiger partial charge in [0.2, 0.25) is 0 Å². The normalized spacial score (nSPS) is 10.8. The molecule has 0 aromatic heterocycles. The fraction of sp³-hybridized carbons (Fsp3) is 0.459. The van der Waals surface area contributed by atoms with Gasteiger partial charge >= 0.3 is 12.2 Å². The van der Waals surface area contributed by atoms with E-state index in [1.807, 2.05) is 67.6 Å². The average molecular weight is 587 g/mol. The minimum Gasteiger partial charge on any atom is -0.410 e. The number of ether oxygens (including phenoxy) is 2. The van der Waals surface area contributed by atoms with Crippen LogP contribution in [-0.2, 0) is 12.8 Å². The Morgan fingerprint density at radius 1 is 0.558 bits per heavy atom. The van der Waals surface area contributed by atoms with Crippen LogP contribution in [0.1, 0.15) is 108 Å². The van der Waals surface area contributed by atoms with Crippen molar-refractivity contribution in [2.45, 2.75) is 111 Å². The second-order valence-electron chi connectivity index (χ2n) is 11.3. The topological polar surface area (TPSA) is 76.7 Å². The molecule has 0 aliphatic heterocycles. The largest absolute Gasteiger partial charge is 0.417 e. The summed E-state index contributed by atoms with van der Waals surface area (Å²) in [6.45, 7) is 6.31. The number of anilines is 2. The van der Waals surface area contributed by atoms with Gasteiger partial charge in [-0.05, 0) is 67.5 Å². The Labute approximate surface area is 258 Å². The third kappa shape index (κ3) is 12.1. The van der Waals surface area contributed by atoms with Crippen LogP contribution in [0.5, 0.6) is 11.5 Å². The summed E-state index contributed by atoms with van der Waals surface area (Å²) >= 11 is 0. The van der Waals surface area contributed by atoms with Crippen LogP contribution < -0.4 is 20.1 Å². The van der Waals surface area contributed by atoms with Gasteiger partial charge in [0.25, 0.3) is 0 Å². The molecule has 0 aliphatic rings. The first kappa shape index (κ1) is 33.7. The summed E-state index contributed by atoms with van der Waals surface area (Å²) in [7, 11) is 0. The van der Waals surface area contributed by atoms with E-state index in [0.29, 0.717) is 22.9 Å². The van der Waals surface area contributed by atoms with E-state index >= 15 is 0 Å². The molecule has 0 bridgehead atoms. The maximum absolute atomic E-state index is 13.0. The lowest BCUT2D eigenvalue weighted by Gasteiger charge is -2.16. The first-order valence-corrected chi connectivity index (χ1v) is 16.2. The van der Waals surface area contributed by atoms with E-state index in [4.69, 9.17) is 9.47 Å². The second-order valence-corrected chi connectivity index (χ2v) is 11.3. The number of carbonyl (C=O) groups excluding carboxylic acids is 2.